The van der Waals surface area contributed by atoms with Crippen LogP contribution in [0.3, 0.4) is 0 Å². The molecular weight excluding hydrogens is 297 g/mol. The van der Waals surface area contributed by atoms with Crippen LogP contribution in [0.15, 0.2) is 11.1 Å². The highest BCUT2D eigenvalue weighted by Gasteiger charge is 2.34. The van der Waals surface area contributed by atoms with Gasteiger partial charge >= 0.3 is 6.18 Å². The van der Waals surface area contributed by atoms with Crippen LogP contribution in [0.25, 0.3) is 0 Å². The summed E-state index contributed by atoms with van der Waals surface area (Å²) in [5.74, 6) is 4.09. The molecule has 0 saturated heterocycles. The lowest BCUT2D eigenvalue weighted by atomic mass is 10.1. The monoisotopic (exact) mass is 306 g/mol. The molecule has 0 amide bonds. The molecular formula is C12H9F3O2S2. The average Bonchev–Trinajstić information content (AvgIpc) is 2.21. The maximum Gasteiger partial charge on any atom is 0.425 e. The second-order valence-electron chi connectivity index (χ2n) is 3.14. The van der Waals surface area contributed by atoms with Crippen molar-refractivity contribution >= 4 is 33.8 Å². The summed E-state index contributed by atoms with van der Waals surface area (Å²) in [6, 6.07) is 0. The smallest absolute Gasteiger partial charge is 0.287 e. The van der Waals surface area contributed by atoms with E-state index in [9.17, 15) is 22.8 Å². The van der Waals surface area contributed by atoms with E-state index in [1.807, 2.05) is 5.92 Å². The van der Waals surface area contributed by atoms with Crippen molar-refractivity contribution in [1.29, 1.82) is 0 Å². The van der Waals surface area contributed by atoms with E-state index in [1.165, 1.54) is 13.8 Å². The Morgan fingerprint density at radius 3 is 1.68 bits per heavy atom. The van der Waals surface area contributed by atoms with Crippen molar-refractivity contribution in [3.8, 4) is 22.3 Å². The summed E-state index contributed by atoms with van der Waals surface area (Å²) in [7, 11) is 0. The fraction of sp³-hybridized carbons (Fsp3) is 0.333. The van der Waals surface area contributed by atoms with E-state index in [0.717, 1.165) is 6.92 Å². The third-order valence-electron chi connectivity index (χ3n) is 1.46. The van der Waals surface area contributed by atoms with Gasteiger partial charge in [-0.05, 0) is 23.3 Å². The fourth-order valence-electron chi connectivity index (χ4n) is 0.762. The van der Waals surface area contributed by atoms with Crippen LogP contribution in [0.4, 0.5) is 13.2 Å². The topological polar surface area (TPSA) is 34.1 Å². The molecule has 0 saturated carbocycles. The first kappa shape index (κ1) is 17.7. The summed E-state index contributed by atoms with van der Waals surface area (Å²) < 4.78 is 38.1. The van der Waals surface area contributed by atoms with Gasteiger partial charge in [0.05, 0.1) is 0 Å². The molecule has 0 aromatic carbocycles. The second kappa shape index (κ2) is 7.98. The van der Waals surface area contributed by atoms with Gasteiger partial charge in [-0.2, -0.15) is 13.2 Å². The Morgan fingerprint density at radius 1 is 0.895 bits per heavy atom. The molecule has 0 unspecified atom stereocenters. The molecule has 0 N–H and O–H groups in total. The second-order valence-corrected chi connectivity index (χ2v) is 5.11. The van der Waals surface area contributed by atoms with E-state index in [4.69, 9.17) is 0 Å². The molecule has 0 atom stereocenters. The van der Waals surface area contributed by atoms with Gasteiger partial charge in [-0.3, -0.25) is 9.59 Å². The predicted octanol–water partition coefficient (Wildman–Crippen LogP) is 3.35. The summed E-state index contributed by atoms with van der Waals surface area (Å²) in [6.45, 7) is 3.61. The Morgan fingerprint density at radius 2 is 1.32 bits per heavy atom. The van der Waals surface area contributed by atoms with Gasteiger partial charge in [-0.1, -0.05) is 5.92 Å². The minimum atomic E-state index is -4.65. The maximum absolute atomic E-state index is 12.7. The van der Waals surface area contributed by atoms with E-state index < -0.39 is 16.9 Å². The van der Waals surface area contributed by atoms with Gasteiger partial charge in [-0.15, -0.1) is 0 Å². The van der Waals surface area contributed by atoms with Crippen LogP contribution in [0.1, 0.15) is 20.8 Å². The predicted molar refractivity (Wildman–Crippen MR) is 70.9 cm³/mol. The highest BCUT2D eigenvalue weighted by molar-refractivity contribution is 8.17. The van der Waals surface area contributed by atoms with Crippen molar-refractivity contribution in [2.45, 2.75) is 26.9 Å². The van der Waals surface area contributed by atoms with Crippen LogP contribution in [0.2, 0.25) is 0 Å². The van der Waals surface area contributed by atoms with Crippen molar-refractivity contribution in [2.24, 2.45) is 0 Å². The van der Waals surface area contributed by atoms with Gasteiger partial charge in [-0.25, -0.2) is 0 Å². The first-order valence-corrected chi connectivity index (χ1v) is 6.42. The zero-order chi connectivity index (χ0) is 15.1. The number of thioether (sulfide) groups is 2. The summed E-state index contributed by atoms with van der Waals surface area (Å²) >= 11 is 1.09. The highest BCUT2D eigenvalue weighted by atomic mass is 32.2. The summed E-state index contributed by atoms with van der Waals surface area (Å²) in [5.41, 5.74) is -1.41. The molecule has 2 nitrogen and oxygen atoms in total. The summed E-state index contributed by atoms with van der Waals surface area (Å²) in [5, 5.41) is 3.61. The van der Waals surface area contributed by atoms with Gasteiger partial charge in [0, 0.05) is 42.9 Å². The van der Waals surface area contributed by atoms with Crippen LogP contribution in [-0.2, 0) is 9.59 Å². The molecule has 0 aliphatic carbocycles. The van der Waals surface area contributed by atoms with Crippen molar-refractivity contribution in [3.05, 3.63) is 11.1 Å². The van der Waals surface area contributed by atoms with Gasteiger partial charge < -0.3 is 0 Å². The van der Waals surface area contributed by atoms with Gasteiger partial charge in [0.1, 0.15) is 5.57 Å². The van der Waals surface area contributed by atoms with Crippen molar-refractivity contribution < 1.29 is 22.8 Å². The molecule has 0 radical (unpaired) electrons. The number of carbonyl (C=O) groups excluding carboxylic acids is 2. The average molecular weight is 306 g/mol. The first-order valence-electron chi connectivity index (χ1n) is 4.79. The lowest BCUT2D eigenvalue weighted by Gasteiger charge is -2.06. The van der Waals surface area contributed by atoms with Gasteiger partial charge in [0.2, 0.25) is 0 Å². The zero-order valence-corrected chi connectivity index (χ0v) is 11.9. The minimum absolute atomic E-state index is 0.294. The fourth-order valence-corrected chi connectivity index (χ4v) is 1.41. The Kier molecular flexibility index (Phi) is 7.43. The SMILES string of the molecule is CC(=O)SC#C/C(C)=C(/C#CSC(C)=O)C(F)(F)F. The standard InChI is InChI=1S/C12H9F3O2S2/c1-8(4-6-18-9(2)16)11(12(13,14)15)5-7-19-10(3)17/h1-3H3/b11-8-. The van der Waals surface area contributed by atoms with Crippen molar-refractivity contribution in [3.63, 3.8) is 0 Å². The first-order chi connectivity index (χ1) is 8.64. The van der Waals surface area contributed by atoms with Crippen LogP contribution >= 0.6 is 23.5 Å². The maximum atomic E-state index is 12.7. The molecule has 0 aromatic rings. The summed E-state index contributed by atoms with van der Waals surface area (Å²) in [4.78, 5) is 21.2. The van der Waals surface area contributed by atoms with E-state index >= 15 is 0 Å². The Bertz CT molecular complexity index is 525. The molecule has 102 valence electrons. The third kappa shape index (κ3) is 8.41. The van der Waals surface area contributed by atoms with Crippen LogP contribution in [0, 0.1) is 22.3 Å². The Balaban J connectivity index is 5.31. The number of rotatable bonds is 0. The Labute approximate surface area is 117 Å². The largest absolute Gasteiger partial charge is 0.425 e. The molecule has 7 heteroatoms. The van der Waals surface area contributed by atoms with Crippen molar-refractivity contribution in [2.75, 3.05) is 0 Å². The number of halogens is 3. The number of hydrogen-bond donors (Lipinski definition) is 0. The molecule has 0 bridgehead atoms. The normalized spacial score (nSPS) is 11.5. The van der Waals surface area contributed by atoms with Gasteiger partial charge in [0.15, 0.2) is 10.2 Å². The zero-order valence-electron chi connectivity index (χ0n) is 10.3. The lowest BCUT2D eigenvalue weighted by molar-refractivity contribution is -0.109. The minimum Gasteiger partial charge on any atom is -0.287 e. The number of allylic oxidation sites excluding steroid dienone is 2. The highest BCUT2D eigenvalue weighted by Crippen LogP contribution is 2.27. The molecule has 0 fully saturated rings. The number of alkyl halides is 3. The van der Waals surface area contributed by atoms with E-state index in [-0.39, 0.29) is 10.7 Å². The molecule has 0 spiro atoms. The van der Waals surface area contributed by atoms with Gasteiger partial charge in [0.25, 0.3) is 0 Å². The van der Waals surface area contributed by atoms with E-state index in [1.54, 1.807) is 0 Å². The van der Waals surface area contributed by atoms with E-state index in [0.29, 0.717) is 23.5 Å². The molecule has 0 rings (SSSR count). The molecule has 0 heterocycles. The number of hydrogen-bond acceptors (Lipinski definition) is 4. The van der Waals surface area contributed by atoms with Crippen molar-refractivity contribution in [1.82, 2.24) is 0 Å². The molecule has 0 aliphatic heterocycles. The van der Waals surface area contributed by atoms with Crippen LogP contribution in [0.5, 0.6) is 0 Å². The third-order valence-corrected chi connectivity index (χ3v) is 2.45. The molecule has 19 heavy (non-hydrogen) atoms. The lowest BCUT2D eigenvalue weighted by Crippen LogP contribution is -2.12. The molecule has 0 aromatic heterocycles. The number of carbonyl (C=O) groups is 2. The molecule has 0 aliphatic rings. The summed E-state index contributed by atoms with van der Waals surface area (Å²) in [6.07, 6.45) is -4.65. The van der Waals surface area contributed by atoms with E-state index in [2.05, 4.69) is 16.4 Å². The quantitative estimate of drug-likeness (QED) is 0.643. The van der Waals surface area contributed by atoms with Crippen LogP contribution < -0.4 is 0 Å². The van der Waals surface area contributed by atoms with Crippen LogP contribution in [-0.4, -0.2) is 16.4 Å². The Hall–Kier alpha value is -1.31.